The molecule has 2 aromatic carbocycles. The van der Waals surface area contributed by atoms with Gasteiger partial charge in [0.25, 0.3) is 11.8 Å². The van der Waals surface area contributed by atoms with E-state index in [1.54, 1.807) is 43.6 Å². The molecule has 2 amide bonds. The van der Waals surface area contributed by atoms with E-state index in [-0.39, 0.29) is 11.8 Å². The number of hydrogen-bond acceptors (Lipinski definition) is 5. The van der Waals surface area contributed by atoms with Crippen LogP contribution in [-0.4, -0.2) is 55.0 Å². The number of amides is 2. The van der Waals surface area contributed by atoms with Crippen molar-refractivity contribution in [3.05, 3.63) is 78.1 Å². The van der Waals surface area contributed by atoms with Gasteiger partial charge in [-0.05, 0) is 48.0 Å². The van der Waals surface area contributed by atoms with Crippen LogP contribution in [0.3, 0.4) is 0 Å². The van der Waals surface area contributed by atoms with Gasteiger partial charge in [-0.3, -0.25) is 14.6 Å². The number of rotatable bonds is 5. The van der Waals surface area contributed by atoms with Crippen molar-refractivity contribution in [2.75, 3.05) is 38.6 Å². The smallest absolute Gasteiger partial charge is 0.257 e. The van der Waals surface area contributed by atoms with E-state index >= 15 is 0 Å². The first kappa shape index (κ1) is 20.6. The quantitative estimate of drug-likeness (QED) is 0.668. The van der Waals surface area contributed by atoms with E-state index in [1.165, 1.54) is 6.20 Å². The molecule has 2 heterocycles. The normalized spacial score (nSPS) is 13.5. The van der Waals surface area contributed by atoms with Gasteiger partial charge in [0.05, 0.1) is 12.7 Å². The Hall–Kier alpha value is -3.71. The maximum atomic E-state index is 12.6. The number of benzene rings is 2. The van der Waals surface area contributed by atoms with Gasteiger partial charge in [0.15, 0.2) is 0 Å². The van der Waals surface area contributed by atoms with Crippen molar-refractivity contribution >= 4 is 17.5 Å². The third-order valence-corrected chi connectivity index (χ3v) is 5.22. The highest BCUT2D eigenvalue weighted by atomic mass is 16.5. The average molecular weight is 416 g/mol. The molecule has 1 aliphatic rings. The number of piperazine rings is 1. The highest BCUT2D eigenvalue weighted by Crippen LogP contribution is 2.22. The van der Waals surface area contributed by atoms with Crippen LogP contribution in [0.2, 0.25) is 0 Å². The van der Waals surface area contributed by atoms with Crippen molar-refractivity contribution in [2.24, 2.45) is 0 Å². The Morgan fingerprint density at radius 1 is 0.935 bits per heavy atom. The molecule has 7 heteroatoms. The molecule has 31 heavy (non-hydrogen) atoms. The molecule has 0 aliphatic carbocycles. The van der Waals surface area contributed by atoms with Crippen molar-refractivity contribution in [1.82, 2.24) is 15.2 Å². The summed E-state index contributed by atoms with van der Waals surface area (Å²) in [5.41, 5.74) is 3.49. The third-order valence-electron chi connectivity index (χ3n) is 5.22. The Morgan fingerprint density at radius 2 is 1.65 bits per heavy atom. The number of carbonyl (C=O) groups excluding carboxylic acids is 2. The van der Waals surface area contributed by atoms with Crippen LogP contribution in [0.1, 0.15) is 20.7 Å². The Labute approximate surface area is 181 Å². The van der Waals surface area contributed by atoms with Crippen molar-refractivity contribution in [3.63, 3.8) is 0 Å². The summed E-state index contributed by atoms with van der Waals surface area (Å²) in [5.74, 6) is 0.518. The number of hydrogen-bond donors (Lipinski definition) is 2. The third kappa shape index (κ3) is 4.90. The molecule has 3 aromatic rings. The number of ether oxygens (including phenoxy) is 1. The van der Waals surface area contributed by atoms with Crippen LogP contribution in [0.5, 0.6) is 5.75 Å². The minimum atomic E-state index is -0.245. The van der Waals surface area contributed by atoms with Crippen LogP contribution >= 0.6 is 0 Å². The number of methoxy groups -OCH3 is 1. The van der Waals surface area contributed by atoms with Gasteiger partial charge in [0.1, 0.15) is 5.75 Å². The Kier molecular flexibility index (Phi) is 6.24. The van der Waals surface area contributed by atoms with Crippen molar-refractivity contribution in [1.29, 1.82) is 0 Å². The minimum absolute atomic E-state index is 0.0406. The fourth-order valence-electron chi connectivity index (χ4n) is 3.46. The molecule has 0 atom stereocenters. The summed E-state index contributed by atoms with van der Waals surface area (Å²) in [4.78, 5) is 31.3. The molecule has 1 saturated heterocycles. The number of nitrogens with one attached hydrogen (secondary N) is 2. The van der Waals surface area contributed by atoms with Gasteiger partial charge in [0.2, 0.25) is 0 Å². The molecule has 0 spiro atoms. The first-order chi connectivity index (χ1) is 15.1. The van der Waals surface area contributed by atoms with Crippen molar-refractivity contribution in [2.45, 2.75) is 0 Å². The molecular formula is C24H24N4O3. The lowest BCUT2D eigenvalue weighted by Crippen LogP contribution is -2.46. The lowest BCUT2D eigenvalue weighted by atomic mass is 10.0. The fourth-order valence-corrected chi connectivity index (χ4v) is 3.46. The second kappa shape index (κ2) is 9.40. The first-order valence-corrected chi connectivity index (χ1v) is 10.1. The number of anilines is 1. The summed E-state index contributed by atoms with van der Waals surface area (Å²) < 4.78 is 5.13. The van der Waals surface area contributed by atoms with Gasteiger partial charge in [-0.15, -0.1) is 0 Å². The van der Waals surface area contributed by atoms with E-state index in [4.69, 9.17) is 4.74 Å². The van der Waals surface area contributed by atoms with Crippen LogP contribution in [0, 0.1) is 0 Å². The zero-order valence-corrected chi connectivity index (χ0v) is 17.3. The molecule has 0 unspecified atom stereocenters. The molecule has 4 rings (SSSR count). The molecule has 1 fully saturated rings. The summed E-state index contributed by atoms with van der Waals surface area (Å²) in [6, 6.07) is 16.3. The van der Waals surface area contributed by atoms with E-state index in [1.807, 2.05) is 29.2 Å². The Bertz CT molecular complexity index is 1060. The zero-order chi connectivity index (χ0) is 21.6. The predicted molar refractivity (Wildman–Crippen MR) is 119 cm³/mol. The van der Waals surface area contributed by atoms with E-state index in [2.05, 4.69) is 15.6 Å². The second-order valence-electron chi connectivity index (χ2n) is 7.26. The maximum absolute atomic E-state index is 12.6. The molecule has 158 valence electrons. The molecule has 2 N–H and O–H groups in total. The second-order valence-corrected chi connectivity index (χ2v) is 7.26. The monoisotopic (exact) mass is 416 g/mol. The molecule has 7 nitrogen and oxygen atoms in total. The summed E-state index contributed by atoms with van der Waals surface area (Å²) in [6.07, 6.45) is 3.24. The van der Waals surface area contributed by atoms with Gasteiger partial charge in [0, 0.05) is 55.4 Å². The Balaban J connectivity index is 1.47. The molecule has 1 aromatic heterocycles. The lowest BCUT2D eigenvalue weighted by molar-refractivity contribution is 0.0735. The van der Waals surface area contributed by atoms with Crippen LogP contribution < -0.4 is 15.4 Å². The zero-order valence-electron chi connectivity index (χ0n) is 17.3. The van der Waals surface area contributed by atoms with Crippen LogP contribution in [0.15, 0.2) is 67.0 Å². The van der Waals surface area contributed by atoms with Gasteiger partial charge in [-0.25, -0.2) is 0 Å². The summed E-state index contributed by atoms with van der Waals surface area (Å²) in [7, 11) is 1.60. The van der Waals surface area contributed by atoms with Gasteiger partial charge in [-0.1, -0.05) is 12.1 Å². The minimum Gasteiger partial charge on any atom is -0.497 e. The topological polar surface area (TPSA) is 83.6 Å². The average Bonchev–Trinajstić information content (AvgIpc) is 2.85. The van der Waals surface area contributed by atoms with Crippen molar-refractivity contribution < 1.29 is 14.3 Å². The molecule has 0 saturated carbocycles. The molecule has 0 radical (unpaired) electrons. The number of pyridine rings is 1. The maximum Gasteiger partial charge on any atom is 0.257 e. The van der Waals surface area contributed by atoms with Crippen LogP contribution in [0.4, 0.5) is 5.69 Å². The molecule has 1 aliphatic heterocycles. The highest BCUT2D eigenvalue weighted by molar-refractivity contribution is 6.04. The number of nitrogens with zero attached hydrogens (tertiary/aromatic N) is 2. The summed E-state index contributed by atoms with van der Waals surface area (Å²) >= 11 is 0. The van der Waals surface area contributed by atoms with Crippen LogP contribution in [-0.2, 0) is 0 Å². The van der Waals surface area contributed by atoms with E-state index in [9.17, 15) is 9.59 Å². The fraction of sp³-hybridized carbons (Fsp3) is 0.208. The van der Waals surface area contributed by atoms with Gasteiger partial charge in [-0.2, -0.15) is 0 Å². The SMILES string of the molecule is COc1ccc(NC(=O)c2cncc(-c3ccc(C(=O)N4CCNCC4)cc3)c2)cc1. The summed E-state index contributed by atoms with van der Waals surface area (Å²) in [6.45, 7) is 3.08. The molecule has 0 bridgehead atoms. The van der Waals surface area contributed by atoms with E-state index < -0.39 is 0 Å². The Morgan fingerprint density at radius 3 is 2.32 bits per heavy atom. The van der Waals surface area contributed by atoms with Crippen molar-refractivity contribution in [3.8, 4) is 16.9 Å². The standard InChI is InChI=1S/C24H24N4O3/c1-31-22-8-6-21(7-9-22)27-23(29)20-14-19(15-26-16-20)17-2-4-18(5-3-17)24(30)28-12-10-25-11-13-28/h2-9,14-16,25H,10-13H2,1H3,(H,27,29). The lowest BCUT2D eigenvalue weighted by Gasteiger charge is -2.27. The number of carbonyl (C=O) groups is 2. The largest absolute Gasteiger partial charge is 0.497 e. The van der Waals surface area contributed by atoms with E-state index in [0.29, 0.717) is 16.8 Å². The first-order valence-electron chi connectivity index (χ1n) is 10.1. The van der Waals surface area contributed by atoms with Gasteiger partial charge >= 0.3 is 0 Å². The summed E-state index contributed by atoms with van der Waals surface area (Å²) in [5, 5.41) is 6.11. The van der Waals surface area contributed by atoms with Gasteiger partial charge < -0.3 is 20.3 Å². The predicted octanol–water partition coefficient (Wildman–Crippen LogP) is 3.05. The van der Waals surface area contributed by atoms with E-state index in [0.717, 1.165) is 43.1 Å². The van der Waals surface area contributed by atoms with Crippen LogP contribution in [0.25, 0.3) is 11.1 Å². The highest BCUT2D eigenvalue weighted by Gasteiger charge is 2.18. The molecular weight excluding hydrogens is 392 g/mol. The number of aromatic nitrogens is 1.